The van der Waals surface area contributed by atoms with Crippen molar-refractivity contribution in [2.75, 3.05) is 31.1 Å². The molecule has 3 heterocycles. The van der Waals surface area contributed by atoms with Gasteiger partial charge in [0.25, 0.3) is 0 Å². The van der Waals surface area contributed by atoms with E-state index in [1.54, 1.807) is 4.90 Å². The lowest BCUT2D eigenvalue weighted by Gasteiger charge is -2.36. The van der Waals surface area contributed by atoms with Crippen LogP contribution in [0.5, 0.6) is 0 Å². The van der Waals surface area contributed by atoms with Crippen LogP contribution in [0.2, 0.25) is 5.15 Å². The Bertz CT molecular complexity index is 1280. The Morgan fingerprint density at radius 3 is 2.24 bits per heavy atom. The highest BCUT2D eigenvalue weighted by molar-refractivity contribution is 6.29. The fraction of sp³-hybridized carbons (Fsp3) is 0.280. The highest BCUT2D eigenvalue weighted by atomic mass is 35.5. The number of hydrogen-bond acceptors (Lipinski definition) is 4. The standard InChI is InChI=1S/C25H23ClF3N5/c26-22-11-10-19(25(27,28)29)24(31-22)33-14-12-32(13-15-33)17-23-30-20-8-4-5-9-21(20)34(23)16-18-6-2-1-3-7-18/h1-11H,12-17H2. The van der Waals surface area contributed by atoms with Crippen LogP contribution in [0, 0.1) is 0 Å². The molecule has 0 amide bonds. The van der Waals surface area contributed by atoms with Gasteiger partial charge in [0.05, 0.1) is 23.1 Å². The first-order valence-electron chi connectivity index (χ1n) is 11.1. The zero-order valence-corrected chi connectivity index (χ0v) is 19.1. The molecule has 0 saturated carbocycles. The van der Waals surface area contributed by atoms with Crippen LogP contribution in [0.15, 0.2) is 66.7 Å². The van der Waals surface area contributed by atoms with Crippen molar-refractivity contribution in [1.29, 1.82) is 0 Å². The molecule has 4 aromatic rings. The maximum Gasteiger partial charge on any atom is 0.419 e. The summed E-state index contributed by atoms with van der Waals surface area (Å²) in [7, 11) is 0. The minimum absolute atomic E-state index is 0.0556. The molecule has 34 heavy (non-hydrogen) atoms. The summed E-state index contributed by atoms with van der Waals surface area (Å²) in [6.45, 7) is 3.37. The average Bonchev–Trinajstić information content (AvgIpc) is 3.16. The zero-order valence-electron chi connectivity index (χ0n) is 18.3. The van der Waals surface area contributed by atoms with E-state index in [1.807, 2.05) is 36.4 Å². The molecular weight excluding hydrogens is 463 g/mol. The van der Waals surface area contributed by atoms with Crippen LogP contribution in [-0.2, 0) is 19.3 Å². The summed E-state index contributed by atoms with van der Waals surface area (Å²) in [5.41, 5.74) is 2.43. The molecule has 0 atom stereocenters. The van der Waals surface area contributed by atoms with E-state index in [0.717, 1.165) is 22.9 Å². The van der Waals surface area contributed by atoms with Gasteiger partial charge >= 0.3 is 6.18 Å². The summed E-state index contributed by atoms with van der Waals surface area (Å²) < 4.78 is 42.7. The van der Waals surface area contributed by atoms with Crippen molar-refractivity contribution in [3.63, 3.8) is 0 Å². The number of para-hydroxylation sites is 2. The molecule has 2 aromatic carbocycles. The van der Waals surface area contributed by atoms with Crippen molar-refractivity contribution in [3.8, 4) is 0 Å². The Morgan fingerprint density at radius 2 is 1.50 bits per heavy atom. The number of benzene rings is 2. The molecule has 176 valence electrons. The number of nitrogens with zero attached hydrogens (tertiary/aromatic N) is 5. The first-order valence-corrected chi connectivity index (χ1v) is 11.5. The Labute approximate surface area is 200 Å². The molecule has 0 spiro atoms. The first kappa shape index (κ1) is 22.7. The van der Waals surface area contributed by atoms with Crippen molar-refractivity contribution < 1.29 is 13.2 Å². The van der Waals surface area contributed by atoms with Crippen LogP contribution < -0.4 is 4.90 Å². The van der Waals surface area contributed by atoms with Gasteiger partial charge in [-0.05, 0) is 29.8 Å². The van der Waals surface area contributed by atoms with E-state index in [4.69, 9.17) is 16.6 Å². The van der Waals surface area contributed by atoms with Gasteiger partial charge < -0.3 is 9.47 Å². The summed E-state index contributed by atoms with van der Waals surface area (Å²) in [6.07, 6.45) is -4.48. The van der Waals surface area contributed by atoms with Crippen LogP contribution in [0.3, 0.4) is 0 Å². The monoisotopic (exact) mass is 485 g/mol. The number of imidazole rings is 1. The number of anilines is 1. The first-order chi connectivity index (χ1) is 16.4. The second-order valence-electron chi connectivity index (χ2n) is 8.35. The molecule has 1 fully saturated rings. The minimum Gasteiger partial charge on any atom is -0.353 e. The molecule has 5 nitrogen and oxygen atoms in total. The van der Waals surface area contributed by atoms with E-state index < -0.39 is 11.7 Å². The third kappa shape index (κ3) is 4.74. The van der Waals surface area contributed by atoms with Crippen LogP contribution in [-0.4, -0.2) is 45.6 Å². The smallest absolute Gasteiger partial charge is 0.353 e. The quantitative estimate of drug-likeness (QED) is 0.351. The number of rotatable bonds is 5. The molecule has 1 aliphatic rings. The normalized spacial score (nSPS) is 15.2. The average molecular weight is 486 g/mol. The number of aromatic nitrogens is 3. The fourth-order valence-corrected chi connectivity index (χ4v) is 4.54. The van der Waals surface area contributed by atoms with Gasteiger partial charge in [0, 0.05) is 32.7 Å². The fourth-order valence-electron chi connectivity index (χ4n) is 4.39. The SMILES string of the molecule is FC(F)(F)c1ccc(Cl)nc1N1CCN(Cc2nc3ccccc3n2Cc2ccccc2)CC1. The van der Waals surface area contributed by atoms with E-state index in [1.165, 1.54) is 11.6 Å². The number of halogens is 4. The molecule has 1 aliphatic heterocycles. The van der Waals surface area contributed by atoms with Crippen LogP contribution >= 0.6 is 11.6 Å². The number of hydrogen-bond donors (Lipinski definition) is 0. The van der Waals surface area contributed by atoms with Gasteiger partial charge in [0.2, 0.25) is 0 Å². The van der Waals surface area contributed by atoms with Gasteiger partial charge in [0.15, 0.2) is 0 Å². The molecule has 0 N–H and O–H groups in total. The molecule has 0 unspecified atom stereocenters. The maximum atomic E-state index is 13.5. The van der Waals surface area contributed by atoms with Gasteiger partial charge in [-0.2, -0.15) is 13.2 Å². The zero-order chi connectivity index (χ0) is 23.7. The molecule has 0 radical (unpaired) electrons. The van der Waals surface area contributed by atoms with Crippen molar-refractivity contribution in [2.45, 2.75) is 19.3 Å². The van der Waals surface area contributed by atoms with E-state index in [0.29, 0.717) is 39.3 Å². The van der Waals surface area contributed by atoms with Crippen molar-refractivity contribution >= 4 is 28.5 Å². The topological polar surface area (TPSA) is 37.2 Å². The summed E-state index contributed by atoms with van der Waals surface area (Å²) in [5, 5.41) is 0.0556. The highest BCUT2D eigenvalue weighted by Gasteiger charge is 2.36. The van der Waals surface area contributed by atoms with Crippen molar-refractivity contribution in [2.24, 2.45) is 0 Å². The van der Waals surface area contributed by atoms with Crippen LogP contribution in [0.25, 0.3) is 11.0 Å². The highest BCUT2D eigenvalue weighted by Crippen LogP contribution is 2.36. The lowest BCUT2D eigenvalue weighted by molar-refractivity contribution is -0.137. The molecule has 5 rings (SSSR count). The largest absolute Gasteiger partial charge is 0.419 e. The Morgan fingerprint density at radius 1 is 0.794 bits per heavy atom. The second-order valence-corrected chi connectivity index (χ2v) is 8.74. The Balaban J connectivity index is 1.34. The predicted molar refractivity (Wildman–Crippen MR) is 127 cm³/mol. The van der Waals surface area contributed by atoms with Gasteiger partial charge in [-0.15, -0.1) is 0 Å². The van der Waals surface area contributed by atoms with Gasteiger partial charge in [-0.1, -0.05) is 54.1 Å². The third-order valence-electron chi connectivity index (χ3n) is 6.10. The van der Waals surface area contributed by atoms with Crippen molar-refractivity contribution in [3.05, 3.63) is 88.8 Å². The van der Waals surface area contributed by atoms with E-state index >= 15 is 0 Å². The number of piperazine rings is 1. The summed E-state index contributed by atoms with van der Waals surface area (Å²) in [4.78, 5) is 12.7. The van der Waals surface area contributed by atoms with Gasteiger partial charge in [0.1, 0.15) is 16.8 Å². The third-order valence-corrected chi connectivity index (χ3v) is 6.31. The Hall–Kier alpha value is -3.10. The van der Waals surface area contributed by atoms with E-state index in [2.05, 4.69) is 32.7 Å². The molecule has 0 aliphatic carbocycles. The van der Waals surface area contributed by atoms with E-state index in [-0.39, 0.29) is 11.0 Å². The summed E-state index contributed by atoms with van der Waals surface area (Å²) in [6, 6.07) is 20.4. The van der Waals surface area contributed by atoms with Crippen LogP contribution in [0.4, 0.5) is 19.0 Å². The molecule has 2 aromatic heterocycles. The summed E-state index contributed by atoms with van der Waals surface area (Å²) >= 11 is 5.92. The second kappa shape index (κ2) is 9.27. The number of fused-ring (bicyclic) bond motifs is 1. The number of pyridine rings is 1. The molecule has 1 saturated heterocycles. The van der Waals surface area contributed by atoms with Gasteiger partial charge in [-0.25, -0.2) is 9.97 Å². The molecular formula is C25H23ClF3N5. The van der Waals surface area contributed by atoms with Crippen LogP contribution in [0.1, 0.15) is 17.0 Å². The number of alkyl halides is 3. The minimum atomic E-state index is -4.48. The maximum absolute atomic E-state index is 13.5. The van der Waals surface area contributed by atoms with E-state index in [9.17, 15) is 13.2 Å². The molecule has 9 heteroatoms. The predicted octanol–water partition coefficient (Wildman–Crippen LogP) is 5.47. The Kier molecular flexibility index (Phi) is 6.18. The lowest BCUT2D eigenvalue weighted by Crippen LogP contribution is -2.47. The molecule has 0 bridgehead atoms. The lowest BCUT2D eigenvalue weighted by atomic mass is 10.2. The summed E-state index contributed by atoms with van der Waals surface area (Å²) in [5.74, 6) is 0.839. The van der Waals surface area contributed by atoms with Crippen molar-refractivity contribution in [1.82, 2.24) is 19.4 Å². The van der Waals surface area contributed by atoms with Gasteiger partial charge in [-0.3, -0.25) is 4.90 Å².